The van der Waals surface area contributed by atoms with Crippen LogP contribution in [0.4, 0.5) is 0 Å². The quantitative estimate of drug-likeness (QED) is 0.797. The average Bonchev–Trinajstić information content (AvgIpc) is 3.28. The van der Waals surface area contributed by atoms with Crippen molar-refractivity contribution in [3.05, 3.63) is 52.2 Å². The van der Waals surface area contributed by atoms with Gasteiger partial charge in [0, 0.05) is 24.6 Å². The first-order valence-corrected chi connectivity index (χ1v) is 10.3. The van der Waals surface area contributed by atoms with Gasteiger partial charge in [-0.1, -0.05) is 6.07 Å². The monoisotopic (exact) mass is 381 g/mol. The largest absolute Gasteiger partial charge is 0.478 e. The molecule has 8 heteroatoms. The third kappa shape index (κ3) is 4.27. The smallest absolute Gasteiger partial charge is 0.335 e. The summed E-state index contributed by atoms with van der Waals surface area (Å²) in [6, 6.07) is 9.09. The minimum absolute atomic E-state index is 0.0582. The number of sulfonamides is 1. The molecule has 1 aliphatic heterocycles. The normalized spacial score (nSPS) is 17.9. The van der Waals surface area contributed by atoms with Crippen molar-refractivity contribution in [1.82, 2.24) is 4.31 Å². The minimum Gasteiger partial charge on any atom is -0.478 e. The molecule has 0 amide bonds. The Bertz CT molecular complexity index is 809. The van der Waals surface area contributed by atoms with Gasteiger partial charge in [-0.3, -0.25) is 0 Å². The van der Waals surface area contributed by atoms with Crippen LogP contribution in [0.25, 0.3) is 0 Å². The number of carboxylic acids is 1. The topological polar surface area (TPSA) is 83.9 Å². The van der Waals surface area contributed by atoms with Crippen LogP contribution < -0.4 is 0 Å². The van der Waals surface area contributed by atoms with Crippen molar-refractivity contribution in [2.75, 3.05) is 13.2 Å². The zero-order valence-electron chi connectivity index (χ0n) is 13.5. The minimum atomic E-state index is -3.74. The van der Waals surface area contributed by atoms with Crippen LogP contribution in [0, 0.1) is 0 Å². The van der Waals surface area contributed by atoms with E-state index in [-0.39, 0.29) is 23.1 Å². The van der Waals surface area contributed by atoms with Crippen molar-refractivity contribution >= 4 is 27.3 Å². The Balaban J connectivity index is 1.87. The summed E-state index contributed by atoms with van der Waals surface area (Å²) >= 11 is 1.50. The van der Waals surface area contributed by atoms with Crippen LogP contribution >= 0.6 is 11.3 Å². The van der Waals surface area contributed by atoms with Crippen molar-refractivity contribution < 1.29 is 23.1 Å². The molecule has 1 atom stereocenters. The van der Waals surface area contributed by atoms with E-state index >= 15 is 0 Å². The first kappa shape index (κ1) is 18.1. The number of benzene rings is 1. The maximum atomic E-state index is 13.1. The van der Waals surface area contributed by atoms with Gasteiger partial charge in [-0.05, 0) is 48.6 Å². The highest BCUT2D eigenvalue weighted by molar-refractivity contribution is 7.89. The molecule has 1 aliphatic rings. The zero-order valence-corrected chi connectivity index (χ0v) is 15.1. The summed E-state index contributed by atoms with van der Waals surface area (Å²) in [6.07, 6.45) is 1.67. The van der Waals surface area contributed by atoms with Gasteiger partial charge in [0.1, 0.15) is 0 Å². The van der Waals surface area contributed by atoms with Gasteiger partial charge in [0.2, 0.25) is 10.0 Å². The predicted octanol–water partition coefficient (Wildman–Crippen LogP) is 2.82. The fraction of sp³-hybridized carbons (Fsp3) is 0.353. The second-order valence-electron chi connectivity index (χ2n) is 5.84. The van der Waals surface area contributed by atoms with Crippen LogP contribution in [-0.4, -0.2) is 43.1 Å². The Hall–Kier alpha value is -1.74. The number of hydrogen-bond acceptors (Lipinski definition) is 5. The van der Waals surface area contributed by atoms with E-state index in [1.54, 1.807) is 0 Å². The first-order chi connectivity index (χ1) is 12.0. The maximum Gasteiger partial charge on any atom is 0.335 e. The van der Waals surface area contributed by atoms with Crippen molar-refractivity contribution in [3.63, 3.8) is 0 Å². The molecule has 1 saturated heterocycles. The molecular formula is C17H19NO5S2. The first-order valence-electron chi connectivity index (χ1n) is 7.94. The van der Waals surface area contributed by atoms with E-state index in [1.807, 2.05) is 17.5 Å². The molecule has 1 aromatic heterocycles. The van der Waals surface area contributed by atoms with Crippen LogP contribution in [-0.2, 0) is 21.3 Å². The molecule has 0 saturated carbocycles. The molecule has 2 heterocycles. The maximum absolute atomic E-state index is 13.1. The van der Waals surface area contributed by atoms with Crippen molar-refractivity contribution in [1.29, 1.82) is 0 Å². The van der Waals surface area contributed by atoms with E-state index in [0.717, 1.165) is 17.7 Å². The van der Waals surface area contributed by atoms with E-state index < -0.39 is 16.0 Å². The summed E-state index contributed by atoms with van der Waals surface area (Å²) in [5.41, 5.74) is 0.0582. The predicted molar refractivity (Wildman–Crippen MR) is 94.3 cm³/mol. The number of hydrogen-bond donors (Lipinski definition) is 1. The standard InChI is InChI=1S/C17H19NO5S2/c19-17(20)13-5-7-16(8-6-13)25(21,22)18(11-14-3-1-9-23-14)12-15-4-2-10-24-15/h2,4-8,10,14H,1,3,9,11-12H2,(H,19,20)/t14-/m1/s1. The van der Waals surface area contributed by atoms with Gasteiger partial charge in [0.05, 0.1) is 16.6 Å². The molecule has 1 aromatic carbocycles. The molecule has 1 fully saturated rings. The van der Waals surface area contributed by atoms with E-state index in [4.69, 9.17) is 9.84 Å². The second-order valence-corrected chi connectivity index (χ2v) is 8.81. The van der Waals surface area contributed by atoms with Gasteiger partial charge in [0.15, 0.2) is 0 Å². The highest BCUT2D eigenvalue weighted by Gasteiger charge is 2.29. The Morgan fingerprint density at radius 1 is 1.28 bits per heavy atom. The fourth-order valence-electron chi connectivity index (χ4n) is 2.76. The number of carbonyl (C=O) groups is 1. The third-order valence-electron chi connectivity index (χ3n) is 4.08. The zero-order chi connectivity index (χ0) is 17.9. The molecule has 0 radical (unpaired) electrons. The van der Waals surface area contributed by atoms with Crippen molar-refractivity contribution in [2.45, 2.75) is 30.4 Å². The summed E-state index contributed by atoms with van der Waals surface area (Å²) in [4.78, 5) is 12.0. The Morgan fingerprint density at radius 3 is 2.60 bits per heavy atom. The summed E-state index contributed by atoms with van der Waals surface area (Å²) in [7, 11) is -3.74. The van der Waals surface area contributed by atoms with Crippen LogP contribution in [0.5, 0.6) is 0 Å². The molecule has 2 aromatic rings. The molecule has 134 valence electrons. The van der Waals surface area contributed by atoms with E-state index in [2.05, 4.69) is 0 Å². The molecule has 0 unspecified atom stereocenters. The van der Waals surface area contributed by atoms with Crippen LogP contribution in [0.3, 0.4) is 0 Å². The van der Waals surface area contributed by atoms with Crippen LogP contribution in [0.2, 0.25) is 0 Å². The van der Waals surface area contributed by atoms with Gasteiger partial charge in [0.25, 0.3) is 0 Å². The highest BCUT2D eigenvalue weighted by Crippen LogP contribution is 2.24. The van der Waals surface area contributed by atoms with Gasteiger partial charge < -0.3 is 9.84 Å². The summed E-state index contributed by atoms with van der Waals surface area (Å²) < 4.78 is 33.1. The number of nitrogens with zero attached hydrogens (tertiary/aromatic N) is 1. The fourth-order valence-corrected chi connectivity index (χ4v) is 5.01. The number of aromatic carboxylic acids is 1. The lowest BCUT2D eigenvalue weighted by Gasteiger charge is -2.24. The van der Waals surface area contributed by atoms with Crippen molar-refractivity contribution in [3.8, 4) is 0 Å². The summed E-state index contributed by atoms with van der Waals surface area (Å²) in [5, 5.41) is 10.9. The molecule has 25 heavy (non-hydrogen) atoms. The van der Waals surface area contributed by atoms with Gasteiger partial charge in [-0.15, -0.1) is 11.3 Å². The molecule has 0 spiro atoms. The van der Waals surface area contributed by atoms with Gasteiger partial charge in [-0.2, -0.15) is 4.31 Å². The Kier molecular flexibility index (Phi) is 5.53. The van der Waals surface area contributed by atoms with E-state index in [0.29, 0.717) is 13.2 Å². The number of carboxylic acid groups (broad SMARTS) is 1. The molecule has 0 aliphatic carbocycles. The number of ether oxygens (including phenoxy) is 1. The lowest BCUT2D eigenvalue weighted by atomic mass is 10.2. The highest BCUT2D eigenvalue weighted by atomic mass is 32.2. The SMILES string of the molecule is O=C(O)c1ccc(S(=O)(=O)N(Cc2cccs2)C[C@H]2CCCO2)cc1. The number of thiophene rings is 1. The Labute approximate surface area is 150 Å². The van der Waals surface area contributed by atoms with Gasteiger partial charge >= 0.3 is 5.97 Å². The lowest BCUT2D eigenvalue weighted by molar-refractivity contribution is 0.0696. The van der Waals surface area contributed by atoms with E-state index in [1.165, 1.54) is 39.9 Å². The molecule has 6 nitrogen and oxygen atoms in total. The van der Waals surface area contributed by atoms with Crippen LogP contribution in [0.15, 0.2) is 46.7 Å². The molecule has 1 N–H and O–H groups in total. The van der Waals surface area contributed by atoms with Crippen LogP contribution in [0.1, 0.15) is 28.1 Å². The van der Waals surface area contributed by atoms with E-state index in [9.17, 15) is 13.2 Å². The summed E-state index contributed by atoms with van der Waals surface area (Å²) in [6.45, 7) is 1.23. The molecule has 3 rings (SSSR count). The second kappa shape index (κ2) is 7.65. The number of rotatable bonds is 7. The average molecular weight is 381 g/mol. The molecule has 0 bridgehead atoms. The Morgan fingerprint density at radius 2 is 2.04 bits per heavy atom. The van der Waals surface area contributed by atoms with Crippen molar-refractivity contribution in [2.24, 2.45) is 0 Å². The third-order valence-corrected chi connectivity index (χ3v) is 6.77. The lowest BCUT2D eigenvalue weighted by Crippen LogP contribution is -2.36. The molecular weight excluding hydrogens is 362 g/mol. The van der Waals surface area contributed by atoms with Gasteiger partial charge in [-0.25, -0.2) is 13.2 Å². The summed E-state index contributed by atoms with van der Waals surface area (Å²) in [5.74, 6) is -1.08.